The fourth-order valence-electron chi connectivity index (χ4n) is 4.04. The number of fused-ring (bicyclic) bond motifs is 2. The van der Waals surface area contributed by atoms with E-state index in [1.807, 2.05) is 16.7 Å². The summed E-state index contributed by atoms with van der Waals surface area (Å²) in [6.07, 6.45) is 6.90. The van der Waals surface area contributed by atoms with Crippen LogP contribution in [0.3, 0.4) is 0 Å². The van der Waals surface area contributed by atoms with E-state index in [9.17, 15) is 9.59 Å². The van der Waals surface area contributed by atoms with E-state index in [2.05, 4.69) is 5.32 Å². The number of rotatable bonds is 2. The van der Waals surface area contributed by atoms with E-state index in [4.69, 9.17) is 0 Å². The lowest BCUT2D eigenvalue weighted by Crippen LogP contribution is -2.54. The van der Waals surface area contributed by atoms with Crippen LogP contribution in [-0.4, -0.2) is 59.4 Å². The van der Waals surface area contributed by atoms with Gasteiger partial charge in [-0.25, -0.2) is 0 Å². The first-order chi connectivity index (χ1) is 10.2. The number of nitrogens with one attached hydrogen (secondary N) is 1. The second-order valence-electron chi connectivity index (χ2n) is 6.66. The molecule has 3 heterocycles. The summed E-state index contributed by atoms with van der Waals surface area (Å²) in [5, 5.41) is 3.61. The highest BCUT2D eigenvalue weighted by Crippen LogP contribution is 2.24. The third-order valence-electron chi connectivity index (χ3n) is 5.25. The summed E-state index contributed by atoms with van der Waals surface area (Å²) in [5.74, 6) is 0.313. The van der Waals surface area contributed by atoms with Crippen LogP contribution in [0.15, 0.2) is 0 Å². The number of nitrogens with zero attached hydrogens (tertiary/aromatic N) is 2. The number of carbonyl (C=O) groups excluding carboxylic acids is 2. The zero-order valence-electron chi connectivity index (χ0n) is 13.4. The molecule has 0 radical (unpaired) electrons. The van der Waals surface area contributed by atoms with Crippen LogP contribution in [-0.2, 0) is 9.59 Å². The maximum absolute atomic E-state index is 12.9. The molecule has 6 heteroatoms. The van der Waals surface area contributed by atoms with Gasteiger partial charge in [0.15, 0.2) is 0 Å². The van der Waals surface area contributed by atoms with Crippen molar-refractivity contribution in [3.05, 3.63) is 0 Å². The summed E-state index contributed by atoms with van der Waals surface area (Å²) >= 11 is 0. The van der Waals surface area contributed by atoms with Gasteiger partial charge in [0.1, 0.15) is 6.04 Å². The van der Waals surface area contributed by atoms with E-state index in [-0.39, 0.29) is 30.3 Å². The van der Waals surface area contributed by atoms with Crippen LogP contribution < -0.4 is 5.32 Å². The lowest BCUT2D eigenvalue weighted by molar-refractivity contribution is -0.147. The highest BCUT2D eigenvalue weighted by atomic mass is 35.5. The Kier molecular flexibility index (Phi) is 6.09. The van der Waals surface area contributed by atoms with Gasteiger partial charge in [-0.1, -0.05) is 6.92 Å². The van der Waals surface area contributed by atoms with Crippen molar-refractivity contribution in [3.63, 3.8) is 0 Å². The number of piperidine rings is 1. The van der Waals surface area contributed by atoms with Gasteiger partial charge in [0.25, 0.3) is 0 Å². The molecule has 0 saturated carbocycles. The second-order valence-corrected chi connectivity index (χ2v) is 6.66. The number of hydrogen-bond donors (Lipinski definition) is 1. The first kappa shape index (κ1) is 17.5. The van der Waals surface area contributed by atoms with Gasteiger partial charge in [-0.05, 0) is 38.5 Å². The van der Waals surface area contributed by atoms with Crippen molar-refractivity contribution in [2.45, 2.75) is 70.0 Å². The molecule has 3 aliphatic rings. The van der Waals surface area contributed by atoms with Crippen LogP contribution in [0.5, 0.6) is 0 Å². The maximum atomic E-state index is 12.9. The molecule has 0 aromatic heterocycles. The topological polar surface area (TPSA) is 52.7 Å². The molecular formula is C16H28ClN3O2. The highest BCUT2D eigenvalue weighted by Gasteiger charge is 2.37. The normalized spacial score (nSPS) is 31.4. The molecule has 3 aliphatic heterocycles. The Morgan fingerprint density at radius 1 is 1.05 bits per heavy atom. The summed E-state index contributed by atoms with van der Waals surface area (Å²) in [6.45, 7) is 4.30. The fourth-order valence-corrected chi connectivity index (χ4v) is 4.04. The average molecular weight is 330 g/mol. The van der Waals surface area contributed by atoms with E-state index >= 15 is 0 Å². The zero-order valence-corrected chi connectivity index (χ0v) is 14.2. The highest BCUT2D eigenvalue weighted by molar-refractivity contribution is 5.88. The van der Waals surface area contributed by atoms with E-state index < -0.39 is 0 Å². The van der Waals surface area contributed by atoms with Gasteiger partial charge < -0.3 is 15.1 Å². The Morgan fingerprint density at radius 2 is 1.82 bits per heavy atom. The predicted molar refractivity (Wildman–Crippen MR) is 88.0 cm³/mol. The van der Waals surface area contributed by atoms with Crippen LogP contribution in [0.1, 0.15) is 51.9 Å². The third-order valence-corrected chi connectivity index (χ3v) is 5.25. The van der Waals surface area contributed by atoms with E-state index in [0.29, 0.717) is 18.5 Å². The van der Waals surface area contributed by atoms with Gasteiger partial charge in [0.05, 0.1) is 0 Å². The molecule has 3 rings (SSSR count). The van der Waals surface area contributed by atoms with E-state index in [1.54, 1.807) is 0 Å². The number of halogens is 1. The minimum Gasteiger partial charge on any atom is -0.339 e. The Morgan fingerprint density at radius 3 is 2.59 bits per heavy atom. The summed E-state index contributed by atoms with van der Waals surface area (Å²) < 4.78 is 0. The van der Waals surface area contributed by atoms with E-state index in [0.717, 1.165) is 45.3 Å². The summed E-state index contributed by atoms with van der Waals surface area (Å²) in [6, 6.07) is 0.843. The van der Waals surface area contributed by atoms with Gasteiger partial charge in [-0.3, -0.25) is 9.59 Å². The SMILES string of the molecule is CCC(=O)N1CCCCC1C(=O)N1CCC2CCC(C1)N2.Cl. The molecule has 0 spiro atoms. The van der Waals surface area contributed by atoms with E-state index in [1.165, 1.54) is 12.8 Å². The van der Waals surface area contributed by atoms with Crippen molar-refractivity contribution in [1.82, 2.24) is 15.1 Å². The monoisotopic (exact) mass is 329 g/mol. The van der Waals surface area contributed by atoms with Gasteiger partial charge in [0, 0.05) is 38.1 Å². The first-order valence-corrected chi connectivity index (χ1v) is 8.53. The predicted octanol–water partition coefficient (Wildman–Crippen LogP) is 1.55. The van der Waals surface area contributed by atoms with Crippen LogP contribution in [0.25, 0.3) is 0 Å². The average Bonchev–Trinajstić information content (AvgIpc) is 2.85. The molecule has 1 N–H and O–H groups in total. The molecule has 3 fully saturated rings. The molecule has 0 aromatic carbocycles. The maximum Gasteiger partial charge on any atom is 0.245 e. The van der Waals surface area contributed by atoms with Gasteiger partial charge in [0.2, 0.25) is 11.8 Å². The molecule has 22 heavy (non-hydrogen) atoms. The molecule has 5 nitrogen and oxygen atoms in total. The molecule has 3 atom stereocenters. The zero-order chi connectivity index (χ0) is 14.8. The molecule has 2 amide bonds. The molecule has 3 unspecified atom stereocenters. The number of likely N-dealkylation sites (tertiary alicyclic amines) is 2. The summed E-state index contributed by atoms with van der Waals surface area (Å²) in [5.41, 5.74) is 0. The van der Waals surface area contributed by atoms with Crippen molar-refractivity contribution in [2.24, 2.45) is 0 Å². The van der Waals surface area contributed by atoms with Crippen molar-refractivity contribution >= 4 is 24.2 Å². The molecule has 126 valence electrons. The number of hydrogen-bond acceptors (Lipinski definition) is 3. The standard InChI is InChI=1S/C16H27N3O2.ClH/c1-2-15(20)19-9-4-3-5-14(19)16(21)18-10-8-12-6-7-13(11-18)17-12;/h12-14,17H,2-11H2,1H3;1H. The Bertz CT molecular complexity index is 418. The van der Waals surface area contributed by atoms with Crippen LogP contribution in [0.2, 0.25) is 0 Å². The summed E-state index contributed by atoms with van der Waals surface area (Å²) in [4.78, 5) is 28.9. The minimum atomic E-state index is -0.206. The molecule has 0 aliphatic carbocycles. The Labute approximate surface area is 139 Å². The van der Waals surface area contributed by atoms with Gasteiger partial charge in [-0.15, -0.1) is 12.4 Å². The summed E-state index contributed by atoms with van der Waals surface area (Å²) in [7, 11) is 0. The molecule has 2 bridgehead atoms. The Hall–Kier alpha value is -0.810. The smallest absolute Gasteiger partial charge is 0.245 e. The van der Waals surface area contributed by atoms with Gasteiger partial charge >= 0.3 is 0 Å². The Balaban J connectivity index is 0.00000176. The van der Waals surface area contributed by atoms with Crippen LogP contribution >= 0.6 is 12.4 Å². The van der Waals surface area contributed by atoms with Crippen molar-refractivity contribution < 1.29 is 9.59 Å². The quantitative estimate of drug-likeness (QED) is 0.836. The van der Waals surface area contributed by atoms with Crippen molar-refractivity contribution in [1.29, 1.82) is 0 Å². The molecular weight excluding hydrogens is 302 g/mol. The van der Waals surface area contributed by atoms with Gasteiger partial charge in [-0.2, -0.15) is 0 Å². The first-order valence-electron chi connectivity index (χ1n) is 8.53. The van der Waals surface area contributed by atoms with Crippen molar-refractivity contribution in [2.75, 3.05) is 19.6 Å². The minimum absolute atomic E-state index is 0. The lowest BCUT2D eigenvalue weighted by Gasteiger charge is -2.38. The van der Waals surface area contributed by atoms with Crippen molar-refractivity contribution in [3.8, 4) is 0 Å². The van der Waals surface area contributed by atoms with Crippen LogP contribution in [0.4, 0.5) is 0 Å². The number of amides is 2. The lowest BCUT2D eigenvalue weighted by atomic mass is 9.99. The second kappa shape index (κ2) is 7.64. The molecule has 0 aromatic rings. The molecule has 3 saturated heterocycles. The fraction of sp³-hybridized carbons (Fsp3) is 0.875. The third kappa shape index (κ3) is 3.57. The largest absolute Gasteiger partial charge is 0.339 e. The van der Waals surface area contributed by atoms with Crippen LogP contribution in [0, 0.1) is 0 Å². The number of carbonyl (C=O) groups is 2.